The van der Waals surface area contributed by atoms with Crippen LogP contribution in [0.25, 0.3) is 11.0 Å². The van der Waals surface area contributed by atoms with Crippen LogP contribution < -0.4 is 5.32 Å². The van der Waals surface area contributed by atoms with Crippen LogP contribution in [0.3, 0.4) is 0 Å². The molecule has 4 rings (SSSR count). The van der Waals surface area contributed by atoms with Crippen LogP contribution in [0.5, 0.6) is 0 Å². The normalized spacial score (nSPS) is 16.2. The van der Waals surface area contributed by atoms with E-state index in [-0.39, 0.29) is 30.2 Å². The second-order valence-corrected chi connectivity index (χ2v) is 7.56. The zero-order valence-corrected chi connectivity index (χ0v) is 18.0. The van der Waals surface area contributed by atoms with Crippen LogP contribution >= 0.6 is 12.4 Å². The van der Waals surface area contributed by atoms with Crippen molar-refractivity contribution < 1.29 is 9.18 Å². The van der Waals surface area contributed by atoms with Crippen LogP contribution in [0, 0.1) is 12.7 Å². The zero-order valence-electron chi connectivity index (χ0n) is 17.2. The van der Waals surface area contributed by atoms with Crippen LogP contribution in [0.15, 0.2) is 42.6 Å². The van der Waals surface area contributed by atoms with E-state index < -0.39 is 0 Å². The number of nitrogens with one attached hydrogen (secondary N) is 1. The van der Waals surface area contributed by atoms with Gasteiger partial charge in [-0.3, -0.25) is 4.79 Å². The number of nitrogens with zero attached hydrogens (tertiary/aromatic N) is 3. The van der Waals surface area contributed by atoms with Gasteiger partial charge in [0.2, 0.25) is 0 Å². The number of anilines is 2. The van der Waals surface area contributed by atoms with E-state index in [1.807, 2.05) is 24.0 Å². The van der Waals surface area contributed by atoms with Crippen molar-refractivity contribution in [1.29, 1.82) is 0 Å². The number of likely N-dealkylation sites (tertiary alicyclic amines) is 1. The molecule has 30 heavy (non-hydrogen) atoms. The minimum atomic E-state index is -0.303. The molecule has 1 atom stereocenters. The van der Waals surface area contributed by atoms with Crippen LogP contribution in [0.2, 0.25) is 0 Å². The van der Waals surface area contributed by atoms with Crippen LogP contribution in [0.4, 0.5) is 15.8 Å². The average molecular weight is 429 g/mol. The number of carbonyl (C=O) groups excluding carboxylic acids is 1. The van der Waals surface area contributed by atoms with Gasteiger partial charge in [0.25, 0.3) is 5.91 Å². The molecule has 1 N–H and O–H groups in total. The molecule has 158 valence electrons. The van der Waals surface area contributed by atoms with Gasteiger partial charge in [-0.15, -0.1) is 12.4 Å². The molecule has 1 unspecified atom stereocenters. The van der Waals surface area contributed by atoms with Gasteiger partial charge in [0, 0.05) is 35.6 Å². The van der Waals surface area contributed by atoms with Crippen molar-refractivity contribution in [3.05, 3.63) is 59.7 Å². The summed E-state index contributed by atoms with van der Waals surface area (Å²) in [5, 5.41) is 4.09. The van der Waals surface area contributed by atoms with Gasteiger partial charge in [0.05, 0.1) is 11.3 Å². The molecule has 1 aliphatic rings. The highest BCUT2D eigenvalue weighted by Crippen LogP contribution is 2.31. The number of benzene rings is 1. The Hall–Kier alpha value is -2.73. The van der Waals surface area contributed by atoms with Gasteiger partial charge in [0.1, 0.15) is 5.82 Å². The van der Waals surface area contributed by atoms with Crippen molar-refractivity contribution in [2.24, 2.45) is 0 Å². The highest BCUT2D eigenvalue weighted by atomic mass is 35.5. The highest BCUT2D eigenvalue weighted by molar-refractivity contribution is 6.07. The number of carbonyl (C=O) groups is 1. The van der Waals surface area contributed by atoms with Crippen molar-refractivity contribution in [2.45, 2.75) is 45.6 Å². The third kappa shape index (κ3) is 4.38. The van der Waals surface area contributed by atoms with Gasteiger partial charge < -0.3 is 10.2 Å². The molecule has 7 heteroatoms. The second-order valence-electron chi connectivity index (χ2n) is 7.56. The number of pyridine rings is 2. The van der Waals surface area contributed by atoms with E-state index in [9.17, 15) is 9.18 Å². The summed E-state index contributed by atoms with van der Waals surface area (Å²) in [5.74, 6) is -0.320. The van der Waals surface area contributed by atoms with Crippen LogP contribution in [-0.2, 0) is 0 Å². The summed E-state index contributed by atoms with van der Waals surface area (Å²) in [5.41, 5.74) is 3.34. The third-order valence-electron chi connectivity index (χ3n) is 5.57. The smallest absolute Gasteiger partial charge is 0.257 e. The van der Waals surface area contributed by atoms with Gasteiger partial charge in [-0.05, 0) is 69.0 Å². The SMILES string of the molecule is CCC1CCCCN1C(=O)c1cnc2nc(C)ccc2c1Nc1ccc(F)cc1.Cl. The zero-order chi connectivity index (χ0) is 20.4. The monoisotopic (exact) mass is 428 g/mol. The molecule has 0 aliphatic carbocycles. The maximum atomic E-state index is 13.5. The lowest BCUT2D eigenvalue weighted by Gasteiger charge is -2.35. The van der Waals surface area contributed by atoms with Gasteiger partial charge in [0.15, 0.2) is 5.65 Å². The van der Waals surface area contributed by atoms with E-state index in [1.165, 1.54) is 12.1 Å². The standard InChI is InChI=1S/C23H25FN4O.ClH/c1-3-18-6-4-5-13-28(18)23(29)20-14-25-22-19(12-7-15(2)26-22)21(20)27-17-10-8-16(24)9-11-17;/h7-12,14,18H,3-6,13H2,1-2H3,(H,25,26,27);1H. The maximum absolute atomic E-state index is 13.5. The molecular formula is C23H26ClFN4O. The summed E-state index contributed by atoms with van der Waals surface area (Å²) >= 11 is 0. The van der Waals surface area contributed by atoms with Crippen molar-refractivity contribution in [1.82, 2.24) is 14.9 Å². The number of amides is 1. The van der Waals surface area contributed by atoms with E-state index in [1.54, 1.807) is 18.3 Å². The molecule has 1 amide bonds. The predicted molar refractivity (Wildman–Crippen MR) is 120 cm³/mol. The number of hydrogen-bond acceptors (Lipinski definition) is 4. The molecule has 1 aromatic carbocycles. The molecule has 1 saturated heterocycles. The number of fused-ring (bicyclic) bond motifs is 1. The molecule has 1 aliphatic heterocycles. The lowest BCUT2D eigenvalue weighted by molar-refractivity contribution is 0.0609. The van der Waals surface area contributed by atoms with Gasteiger partial charge >= 0.3 is 0 Å². The number of halogens is 2. The quantitative estimate of drug-likeness (QED) is 0.583. The fourth-order valence-corrected chi connectivity index (χ4v) is 3.99. The molecule has 3 aromatic rings. The van der Waals surface area contributed by atoms with Crippen molar-refractivity contribution in [3.63, 3.8) is 0 Å². The first-order valence-electron chi connectivity index (χ1n) is 10.2. The maximum Gasteiger partial charge on any atom is 0.257 e. The first-order chi connectivity index (χ1) is 14.1. The largest absolute Gasteiger partial charge is 0.354 e. The minimum Gasteiger partial charge on any atom is -0.354 e. The fourth-order valence-electron chi connectivity index (χ4n) is 3.99. The summed E-state index contributed by atoms with van der Waals surface area (Å²) < 4.78 is 13.3. The van der Waals surface area contributed by atoms with Crippen LogP contribution in [0.1, 0.15) is 48.7 Å². The summed E-state index contributed by atoms with van der Waals surface area (Å²) in [6.07, 6.45) is 5.76. The van der Waals surface area contributed by atoms with Gasteiger partial charge in [-0.1, -0.05) is 6.92 Å². The molecule has 5 nitrogen and oxygen atoms in total. The third-order valence-corrected chi connectivity index (χ3v) is 5.57. The van der Waals surface area contributed by atoms with E-state index in [0.29, 0.717) is 22.6 Å². The Labute approximate surface area is 182 Å². The van der Waals surface area contributed by atoms with Crippen LogP contribution in [-0.4, -0.2) is 33.4 Å². The number of rotatable bonds is 4. The lowest BCUT2D eigenvalue weighted by atomic mass is 9.98. The number of hydrogen-bond donors (Lipinski definition) is 1. The second kappa shape index (κ2) is 9.39. The summed E-state index contributed by atoms with van der Waals surface area (Å²) in [6.45, 7) is 4.80. The molecule has 2 aromatic heterocycles. The average Bonchev–Trinajstić information content (AvgIpc) is 2.74. The number of piperidine rings is 1. The Morgan fingerprint density at radius 1 is 1.20 bits per heavy atom. The topological polar surface area (TPSA) is 58.1 Å². The molecule has 0 spiro atoms. The molecule has 3 heterocycles. The molecule has 0 radical (unpaired) electrons. The predicted octanol–water partition coefficient (Wildman–Crippen LogP) is 5.65. The van der Waals surface area contributed by atoms with E-state index >= 15 is 0 Å². The van der Waals surface area contributed by atoms with Crippen molar-refractivity contribution >= 4 is 40.7 Å². The summed E-state index contributed by atoms with van der Waals surface area (Å²) in [7, 11) is 0. The Bertz CT molecular complexity index is 1040. The molecule has 1 fully saturated rings. The highest BCUT2D eigenvalue weighted by Gasteiger charge is 2.28. The summed E-state index contributed by atoms with van der Waals surface area (Å²) in [6, 6.07) is 10.2. The fraction of sp³-hybridized carbons (Fsp3) is 0.348. The Morgan fingerprint density at radius 2 is 1.97 bits per heavy atom. The Morgan fingerprint density at radius 3 is 2.70 bits per heavy atom. The van der Waals surface area contributed by atoms with E-state index in [4.69, 9.17) is 0 Å². The minimum absolute atomic E-state index is 0. The van der Waals surface area contributed by atoms with E-state index in [2.05, 4.69) is 22.2 Å². The Kier molecular flexibility index (Phi) is 6.87. The number of aryl methyl sites for hydroxylation is 1. The number of aromatic nitrogens is 2. The first kappa shape index (κ1) is 22.0. The van der Waals surface area contributed by atoms with Gasteiger partial charge in [-0.25, -0.2) is 14.4 Å². The lowest BCUT2D eigenvalue weighted by Crippen LogP contribution is -2.43. The molecule has 0 bridgehead atoms. The Balaban J connectivity index is 0.00000256. The first-order valence-corrected chi connectivity index (χ1v) is 10.2. The summed E-state index contributed by atoms with van der Waals surface area (Å²) in [4.78, 5) is 24.5. The van der Waals surface area contributed by atoms with Crippen molar-refractivity contribution in [3.8, 4) is 0 Å². The van der Waals surface area contributed by atoms with Gasteiger partial charge in [-0.2, -0.15) is 0 Å². The van der Waals surface area contributed by atoms with E-state index in [0.717, 1.165) is 43.3 Å². The molecular weight excluding hydrogens is 403 g/mol. The van der Waals surface area contributed by atoms with Crippen molar-refractivity contribution in [2.75, 3.05) is 11.9 Å². The molecule has 0 saturated carbocycles.